The number of carbonyl (C=O) groups is 1. The SMILES string of the molecule is COc1ccc([C@H](C)NC(=O)CN(c2cc(C)cc(C)c2)S(=O)(=O)c2ccc(C)cc2)cc1OC. The molecule has 7 nitrogen and oxygen atoms in total. The fraction of sp³-hybridized carbons (Fsp3) is 0.296. The lowest BCUT2D eigenvalue weighted by Gasteiger charge is -2.26. The Hall–Kier alpha value is -3.52. The summed E-state index contributed by atoms with van der Waals surface area (Å²) in [5, 5.41) is 2.91. The standard InChI is InChI=1S/C27H32N2O5S/c1-18-7-10-24(11-8-18)35(31,32)29(23-14-19(2)13-20(3)15-23)17-27(30)28-21(4)22-9-12-25(33-5)26(16-22)34-6/h7-16,21H,17H2,1-6H3,(H,28,30)/t21-/m0/s1. The van der Waals surface area contributed by atoms with Gasteiger partial charge in [-0.1, -0.05) is 29.8 Å². The highest BCUT2D eigenvalue weighted by Gasteiger charge is 2.28. The van der Waals surface area contributed by atoms with E-state index in [1.165, 1.54) is 0 Å². The topological polar surface area (TPSA) is 84.9 Å². The predicted molar refractivity (Wildman–Crippen MR) is 138 cm³/mol. The molecular weight excluding hydrogens is 464 g/mol. The van der Waals surface area contributed by atoms with E-state index in [9.17, 15) is 13.2 Å². The average molecular weight is 497 g/mol. The molecule has 3 rings (SSSR count). The Morgan fingerprint density at radius 2 is 1.46 bits per heavy atom. The monoisotopic (exact) mass is 496 g/mol. The van der Waals surface area contributed by atoms with Gasteiger partial charge in [0.15, 0.2) is 11.5 Å². The molecule has 0 aliphatic rings. The summed E-state index contributed by atoms with van der Waals surface area (Å²) in [5.74, 6) is 0.701. The molecule has 0 aromatic heterocycles. The number of anilines is 1. The summed E-state index contributed by atoms with van der Waals surface area (Å²) >= 11 is 0. The van der Waals surface area contributed by atoms with Gasteiger partial charge in [0, 0.05) is 0 Å². The third kappa shape index (κ3) is 6.14. The van der Waals surface area contributed by atoms with Crippen molar-refractivity contribution in [3.05, 3.63) is 82.9 Å². The van der Waals surface area contributed by atoms with Gasteiger partial charge in [-0.25, -0.2) is 8.42 Å². The molecule has 3 aromatic rings. The molecule has 35 heavy (non-hydrogen) atoms. The van der Waals surface area contributed by atoms with Crippen LogP contribution in [-0.4, -0.2) is 35.1 Å². The maximum atomic E-state index is 13.6. The van der Waals surface area contributed by atoms with Gasteiger partial charge in [-0.2, -0.15) is 0 Å². The number of ether oxygens (including phenoxy) is 2. The van der Waals surface area contributed by atoms with Gasteiger partial charge in [-0.15, -0.1) is 0 Å². The number of carbonyl (C=O) groups excluding carboxylic acids is 1. The van der Waals surface area contributed by atoms with Crippen LogP contribution in [0.4, 0.5) is 5.69 Å². The molecule has 8 heteroatoms. The molecule has 0 heterocycles. The highest BCUT2D eigenvalue weighted by molar-refractivity contribution is 7.92. The third-order valence-electron chi connectivity index (χ3n) is 5.68. The third-order valence-corrected chi connectivity index (χ3v) is 7.46. The van der Waals surface area contributed by atoms with Crippen molar-refractivity contribution in [3.63, 3.8) is 0 Å². The molecule has 0 saturated carbocycles. The first-order valence-electron chi connectivity index (χ1n) is 11.2. The van der Waals surface area contributed by atoms with Crippen molar-refractivity contribution in [2.75, 3.05) is 25.1 Å². The molecular formula is C27H32N2O5S. The Morgan fingerprint density at radius 1 is 0.857 bits per heavy atom. The molecule has 186 valence electrons. The van der Waals surface area contributed by atoms with Crippen LogP contribution in [0.3, 0.4) is 0 Å². The van der Waals surface area contributed by atoms with Crippen LogP contribution in [0, 0.1) is 20.8 Å². The van der Waals surface area contributed by atoms with Crippen LogP contribution in [0.25, 0.3) is 0 Å². The van der Waals surface area contributed by atoms with Crippen LogP contribution < -0.4 is 19.1 Å². The molecule has 0 saturated heterocycles. The van der Waals surface area contributed by atoms with Crippen molar-refractivity contribution >= 4 is 21.6 Å². The lowest BCUT2D eigenvalue weighted by molar-refractivity contribution is -0.120. The van der Waals surface area contributed by atoms with Gasteiger partial charge in [0.25, 0.3) is 10.0 Å². The van der Waals surface area contributed by atoms with Gasteiger partial charge < -0.3 is 14.8 Å². The lowest BCUT2D eigenvalue weighted by atomic mass is 10.1. The second-order valence-electron chi connectivity index (χ2n) is 8.57. The molecule has 0 radical (unpaired) electrons. The van der Waals surface area contributed by atoms with Crippen LogP contribution in [0.1, 0.15) is 35.2 Å². The number of hydrogen-bond acceptors (Lipinski definition) is 5. The van der Waals surface area contributed by atoms with Crippen molar-refractivity contribution in [1.82, 2.24) is 5.32 Å². The summed E-state index contributed by atoms with van der Waals surface area (Å²) in [6.07, 6.45) is 0. The van der Waals surface area contributed by atoms with Gasteiger partial charge >= 0.3 is 0 Å². The Bertz CT molecular complexity index is 1280. The number of hydrogen-bond donors (Lipinski definition) is 1. The number of sulfonamides is 1. The van der Waals surface area contributed by atoms with E-state index in [0.29, 0.717) is 17.2 Å². The predicted octanol–water partition coefficient (Wildman–Crippen LogP) is 4.70. The minimum atomic E-state index is -3.98. The normalized spacial score (nSPS) is 12.1. The number of benzene rings is 3. The largest absolute Gasteiger partial charge is 0.493 e. The molecule has 0 bridgehead atoms. The Kier molecular flexibility index (Phi) is 8.07. The molecule has 0 aliphatic heterocycles. The van der Waals surface area contributed by atoms with Crippen LogP contribution in [-0.2, 0) is 14.8 Å². The van der Waals surface area contributed by atoms with Gasteiger partial charge in [-0.05, 0) is 80.8 Å². The average Bonchev–Trinajstić information content (AvgIpc) is 2.81. The fourth-order valence-corrected chi connectivity index (χ4v) is 5.27. The number of rotatable bonds is 9. The first-order chi connectivity index (χ1) is 16.5. The first kappa shape index (κ1) is 26.1. The minimum absolute atomic E-state index is 0.128. The van der Waals surface area contributed by atoms with Crippen molar-refractivity contribution < 1.29 is 22.7 Å². The van der Waals surface area contributed by atoms with Gasteiger partial charge in [0.2, 0.25) is 5.91 Å². The van der Waals surface area contributed by atoms with Crippen LogP contribution in [0.5, 0.6) is 11.5 Å². The van der Waals surface area contributed by atoms with E-state index in [4.69, 9.17) is 9.47 Å². The van der Waals surface area contributed by atoms with Gasteiger partial charge in [-0.3, -0.25) is 9.10 Å². The summed E-state index contributed by atoms with van der Waals surface area (Å²) in [4.78, 5) is 13.2. The molecule has 0 spiro atoms. The minimum Gasteiger partial charge on any atom is -0.493 e. The smallest absolute Gasteiger partial charge is 0.264 e. The van der Waals surface area contributed by atoms with E-state index < -0.39 is 15.9 Å². The summed E-state index contributed by atoms with van der Waals surface area (Å²) in [6, 6.07) is 17.1. The van der Waals surface area contributed by atoms with E-state index in [1.54, 1.807) is 62.8 Å². The zero-order valence-electron chi connectivity index (χ0n) is 21.0. The van der Waals surface area contributed by atoms with Crippen molar-refractivity contribution in [3.8, 4) is 11.5 Å². The zero-order chi connectivity index (χ0) is 25.8. The fourth-order valence-electron chi connectivity index (χ4n) is 3.87. The number of aryl methyl sites for hydroxylation is 3. The first-order valence-corrected chi connectivity index (χ1v) is 12.7. The maximum Gasteiger partial charge on any atom is 0.264 e. The number of nitrogens with one attached hydrogen (secondary N) is 1. The Balaban J connectivity index is 1.91. The highest BCUT2D eigenvalue weighted by atomic mass is 32.2. The second kappa shape index (κ2) is 10.8. The molecule has 3 aromatic carbocycles. The number of amides is 1. The number of nitrogens with zero attached hydrogens (tertiary/aromatic N) is 1. The van der Waals surface area contributed by atoms with E-state index in [1.807, 2.05) is 39.8 Å². The zero-order valence-corrected chi connectivity index (χ0v) is 21.8. The molecule has 0 fully saturated rings. The quantitative estimate of drug-likeness (QED) is 0.464. The van der Waals surface area contributed by atoms with Crippen molar-refractivity contribution in [1.29, 1.82) is 0 Å². The Morgan fingerprint density at radius 3 is 2.03 bits per heavy atom. The summed E-state index contributed by atoms with van der Waals surface area (Å²) in [5.41, 5.74) is 4.00. The molecule has 1 amide bonds. The second-order valence-corrected chi connectivity index (χ2v) is 10.4. The maximum absolute atomic E-state index is 13.6. The molecule has 0 aliphatic carbocycles. The van der Waals surface area contributed by atoms with E-state index in [2.05, 4.69) is 5.32 Å². The van der Waals surface area contributed by atoms with E-state index in [-0.39, 0.29) is 17.5 Å². The van der Waals surface area contributed by atoms with Crippen LogP contribution >= 0.6 is 0 Å². The van der Waals surface area contributed by atoms with Crippen LogP contribution in [0.2, 0.25) is 0 Å². The molecule has 0 unspecified atom stereocenters. The lowest BCUT2D eigenvalue weighted by Crippen LogP contribution is -2.41. The van der Waals surface area contributed by atoms with E-state index >= 15 is 0 Å². The van der Waals surface area contributed by atoms with Gasteiger partial charge in [0.1, 0.15) is 6.54 Å². The Labute approximate surface area is 207 Å². The molecule has 1 atom stereocenters. The van der Waals surface area contributed by atoms with Crippen LogP contribution in [0.15, 0.2) is 65.6 Å². The molecule has 1 N–H and O–H groups in total. The van der Waals surface area contributed by atoms with E-state index in [0.717, 1.165) is 26.6 Å². The summed E-state index contributed by atoms with van der Waals surface area (Å²) < 4.78 is 39.0. The summed E-state index contributed by atoms with van der Waals surface area (Å²) in [7, 11) is -0.885. The highest BCUT2D eigenvalue weighted by Crippen LogP contribution is 2.30. The number of methoxy groups -OCH3 is 2. The van der Waals surface area contributed by atoms with Gasteiger partial charge in [0.05, 0.1) is 30.8 Å². The summed E-state index contributed by atoms with van der Waals surface area (Å²) in [6.45, 7) is 7.14. The van der Waals surface area contributed by atoms with Crippen molar-refractivity contribution in [2.24, 2.45) is 0 Å². The van der Waals surface area contributed by atoms with Crippen molar-refractivity contribution in [2.45, 2.75) is 38.6 Å².